The van der Waals surface area contributed by atoms with E-state index in [0.29, 0.717) is 11.3 Å². The summed E-state index contributed by atoms with van der Waals surface area (Å²) in [6.45, 7) is 3.40. The van der Waals surface area contributed by atoms with E-state index in [4.69, 9.17) is 0 Å². The van der Waals surface area contributed by atoms with Crippen LogP contribution in [-0.2, 0) is 6.18 Å². The smallest absolute Gasteiger partial charge is 0.368 e. The van der Waals surface area contributed by atoms with Crippen molar-refractivity contribution >= 4 is 5.69 Å². The van der Waals surface area contributed by atoms with Crippen LogP contribution >= 0.6 is 0 Å². The highest BCUT2D eigenvalue weighted by Gasteiger charge is 2.39. The molecule has 0 spiro atoms. The van der Waals surface area contributed by atoms with Crippen molar-refractivity contribution in [2.24, 2.45) is 0 Å². The summed E-state index contributed by atoms with van der Waals surface area (Å²) in [5.74, 6) is -2.68. The molecule has 1 aliphatic heterocycles. The second-order valence-electron chi connectivity index (χ2n) is 5.35. The number of hydrogen-bond acceptors (Lipinski definition) is 1. The largest absolute Gasteiger partial charge is 0.416 e. The summed E-state index contributed by atoms with van der Waals surface area (Å²) in [6.07, 6.45) is -4.92. The SMILES string of the molecule is Cc1cc(C(F)(F)F)ccc1N1CCC(F)(F)CC1C. The molecule has 1 heterocycles. The Morgan fingerprint density at radius 1 is 1.25 bits per heavy atom. The van der Waals surface area contributed by atoms with Gasteiger partial charge in [-0.1, -0.05) is 0 Å². The van der Waals surface area contributed by atoms with Crippen molar-refractivity contribution in [3.63, 3.8) is 0 Å². The molecule has 0 amide bonds. The van der Waals surface area contributed by atoms with E-state index in [0.717, 1.165) is 12.1 Å². The average molecular weight is 293 g/mol. The standard InChI is InChI=1S/C14H16F5N/c1-9-7-11(14(17,18)19)3-4-12(9)20-6-5-13(15,16)8-10(20)2/h3-4,7,10H,5-6,8H2,1-2H3. The molecule has 2 rings (SSSR count). The van der Waals surface area contributed by atoms with Gasteiger partial charge in [0.2, 0.25) is 0 Å². The summed E-state index contributed by atoms with van der Waals surface area (Å²) in [5, 5.41) is 0. The second kappa shape index (κ2) is 4.90. The predicted molar refractivity (Wildman–Crippen MR) is 67.2 cm³/mol. The van der Waals surface area contributed by atoms with Crippen LogP contribution in [0, 0.1) is 6.92 Å². The Balaban J connectivity index is 2.26. The molecular formula is C14H16F5N. The van der Waals surface area contributed by atoms with E-state index in [1.807, 2.05) is 0 Å². The Morgan fingerprint density at radius 2 is 1.90 bits per heavy atom. The minimum atomic E-state index is -4.39. The van der Waals surface area contributed by atoms with Crippen molar-refractivity contribution < 1.29 is 22.0 Å². The van der Waals surface area contributed by atoms with Gasteiger partial charge in [-0.05, 0) is 37.6 Å². The van der Waals surface area contributed by atoms with Crippen LogP contribution in [0.2, 0.25) is 0 Å². The van der Waals surface area contributed by atoms with Crippen LogP contribution in [0.4, 0.5) is 27.6 Å². The number of rotatable bonds is 1. The molecule has 0 radical (unpaired) electrons. The fourth-order valence-corrected chi connectivity index (χ4v) is 2.66. The van der Waals surface area contributed by atoms with Gasteiger partial charge in [-0.3, -0.25) is 0 Å². The fourth-order valence-electron chi connectivity index (χ4n) is 2.66. The van der Waals surface area contributed by atoms with Gasteiger partial charge < -0.3 is 4.90 Å². The zero-order chi connectivity index (χ0) is 15.1. The first-order chi connectivity index (χ1) is 9.10. The zero-order valence-corrected chi connectivity index (χ0v) is 11.3. The monoisotopic (exact) mass is 293 g/mol. The molecule has 20 heavy (non-hydrogen) atoms. The maximum atomic E-state index is 13.3. The molecule has 1 saturated heterocycles. The summed E-state index contributed by atoms with van der Waals surface area (Å²) < 4.78 is 64.4. The third kappa shape index (κ3) is 3.04. The lowest BCUT2D eigenvalue weighted by molar-refractivity contribution is -0.137. The van der Waals surface area contributed by atoms with E-state index in [2.05, 4.69) is 0 Å². The van der Waals surface area contributed by atoms with Gasteiger partial charge in [0.05, 0.1) is 5.56 Å². The second-order valence-corrected chi connectivity index (χ2v) is 5.35. The van der Waals surface area contributed by atoms with Gasteiger partial charge in [-0.15, -0.1) is 0 Å². The molecule has 1 aromatic carbocycles. The van der Waals surface area contributed by atoms with Crippen molar-refractivity contribution in [3.05, 3.63) is 29.3 Å². The van der Waals surface area contributed by atoms with Crippen molar-refractivity contribution in [1.29, 1.82) is 0 Å². The summed E-state index contributed by atoms with van der Waals surface area (Å²) in [5.41, 5.74) is 0.339. The number of hydrogen-bond donors (Lipinski definition) is 0. The van der Waals surface area contributed by atoms with E-state index >= 15 is 0 Å². The Bertz CT molecular complexity index is 495. The summed E-state index contributed by atoms with van der Waals surface area (Å²) in [6, 6.07) is 3.04. The van der Waals surface area contributed by atoms with Crippen LogP contribution in [0.1, 0.15) is 30.9 Å². The summed E-state index contributed by atoms with van der Waals surface area (Å²) in [7, 11) is 0. The fraction of sp³-hybridized carbons (Fsp3) is 0.571. The van der Waals surface area contributed by atoms with E-state index < -0.39 is 23.7 Å². The predicted octanol–water partition coefficient (Wildman–Crippen LogP) is 4.64. The number of anilines is 1. The molecule has 0 saturated carbocycles. The quantitative estimate of drug-likeness (QED) is 0.682. The van der Waals surface area contributed by atoms with Crippen molar-refractivity contribution in [1.82, 2.24) is 0 Å². The maximum absolute atomic E-state index is 13.3. The molecule has 1 nitrogen and oxygen atoms in total. The molecule has 1 aromatic rings. The summed E-state index contributed by atoms with van der Waals surface area (Å²) >= 11 is 0. The number of alkyl halides is 5. The minimum absolute atomic E-state index is 0.153. The molecule has 112 valence electrons. The van der Waals surface area contributed by atoms with Gasteiger partial charge in [0.25, 0.3) is 5.92 Å². The van der Waals surface area contributed by atoms with Gasteiger partial charge in [0.15, 0.2) is 0 Å². The Labute approximate surface area is 114 Å². The molecule has 1 unspecified atom stereocenters. The van der Waals surface area contributed by atoms with Crippen molar-refractivity contribution in [2.45, 2.75) is 44.8 Å². The first-order valence-corrected chi connectivity index (χ1v) is 6.42. The van der Waals surface area contributed by atoms with Crippen LogP contribution in [0.3, 0.4) is 0 Å². The summed E-state index contributed by atoms with van der Waals surface area (Å²) in [4.78, 5) is 1.76. The molecular weight excluding hydrogens is 277 g/mol. The molecule has 0 aliphatic carbocycles. The lowest BCUT2D eigenvalue weighted by atomic mass is 9.97. The number of aryl methyl sites for hydroxylation is 1. The molecule has 0 bridgehead atoms. The number of halogens is 5. The highest BCUT2D eigenvalue weighted by molar-refractivity contribution is 5.56. The van der Waals surface area contributed by atoms with Gasteiger partial charge in [-0.2, -0.15) is 13.2 Å². The van der Waals surface area contributed by atoms with Crippen LogP contribution in [0.15, 0.2) is 18.2 Å². The number of piperidine rings is 1. The van der Waals surface area contributed by atoms with E-state index in [9.17, 15) is 22.0 Å². The Morgan fingerprint density at radius 3 is 2.40 bits per heavy atom. The van der Waals surface area contributed by atoms with E-state index in [1.54, 1.807) is 18.7 Å². The van der Waals surface area contributed by atoms with Crippen molar-refractivity contribution in [2.75, 3.05) is 11.4 Å². The van der Waals surface area contributed by atoms with Crippen LogP contribution in [0.5, 0.6) is 0 Å². The van der Waals surface area contributed by atoms with Crippen molar-refractivity contribution in [3.8, 4) is 0 Å². The van der Waals surface area contributed by atoms with Crippen LogP contribution < -0.4 is 4.90 Å². The molecule has 1 aliphatic rings. The maximum Gasteiger partial charge on any atom is 0.416 e. The van der Waals surface area contributed by atoms with E-state index in [1.165, 1.54) is 6.07 Å². The highest BCUT2D eigenvalue weighted by Crippen LogP contribution is 2.37. The minimum Gasteiger partial charge on any atom is -0.368 e. The molecule has 1 atom stereocenters. The zero-order valence-electron chi connectivity index (χ0n) is 11.3. The Kier molecular flexibility index (Phi) is 3.69. The van der Waals surface area contributed by atoms with Crippen LogP contribution in [0.25, 0.3) is 0 Å². The normalized spacial score (nSPS) is 22.9. The Hall–Kier alpha value is -1.33. The first-order valence-electron chi connectivity index (χ1n) is 6.42. The molecule has 0 N–H and O–H groups in total. The topological polar surface area (TPSA) is 3.24 Å². The average Bonchev–Trinajstić information content (AvgIpc) is 2.27. The highest BCUT2D eigenvalue weighted by atomic mass is 19.4. The first kappa shape index (κ1) is 15.1. The van der Waals surface area contributed by atoms with Gasteiger partial charge >= 0.3 is 6.18 Å². The third-order valence-electron chi connectivity index (χ3n) is 3.68. The molecule has 6 heteroatoms. The number of benzene rings is 1. The van der Waals surface area contributed by atoms with Crippen LogP contribution in [-0.4, -0.2) is 18.5 Å². The third-order valence-corrected chi connectivity index (χ3v) is 3.68. The lowest BCUT2D eigenvalue weighted by Crippen LogP contribution is -2.45. The number of nitrogens with zero attached hydrogens (tertiary/aromatic N) is 1. The molecule has 1 fully saturated rings. The molecule has 0 aromatic heterocycles. The van der Waals surface area contributed by atoms with Gasteiger partial charge in [-0.25, -0.2) is 8.78 Å². The lowest BCUT2D eigenvalue weighted by Gasteiger charge is -2.40. The van der Waals surface area contributed by atoms with Gasteiger partial charge in [0.1, 0.15) is 0 Å². The van der Waals surface area contributed by atoms with E-state index in [-0.39, 0.29) is 19.4 Å². The van der Waals surface area contributed by atoms with Gasteiger partial charge in [0, 0.05) is 31.1 Å².